The number of hydrogen-bond acceptors (Lipinski definition) is 4. The SMILES string of the molecule is CC(C)CC(CN=C(N)N1CCN(C(=O)OC(C)(C)C)CC1)N(C)C.I. The molecule has 0 saturated carbocycles. The molecule has 1 saturated heterocycles. The minimum absolute atomic E-state index is 0. The van der Waals surface area contributed by atoms with E-state index in [2.05, 4.69) is 37.8 Å². The fourth-order valence-corrected chi connectivity index (χ4v) is 2.74. The second-order valence-electron chi connectivity index (χ2n) is 8.40. The number of carbonyl (C=O) groups excluding carboxylic acids is 1. The fourth-order valence-electron chi connectivity index (χ4n) is 2.74. The molecule has 1 unspecified atom stereocenters. The predicted octanol–water partition coefficient (Wildman–Crippen LogP) is 2.45. The fraction of sp³-hybridized carbons (Fsp3) is 0.889. The van der Waals surface area contributed by atoms with Gasteiger partial charge >= 0.3 is 6.09 Å². The number of halogens is 1. The van der Waals surface area contributed by atoms with Gasteiger partial charge in [0.2, 0.25) is 0 Å². The molecule has 0 aromatic rings. The van der Waals surface area contributed by atoms with Gasteiger partial charge in [-0.1, -0.05) is 13.8 Å². The summed E-state index contributed by atoms with van der Waals surface area (Å²) in [6.45, 7) is 13.4. The molecule has 0 radical (unpaired) electrons. The molecule has 1 heterocycles. The summed E-state index contributed by atoms with van der Waals surface area (Å²) in [6, 6.07) is 0.390. The number of amides is 1. The number of piperazine rings is 1. The molecule has 0 aromatic heterocycles. The lowest BCUT2D eigenvalue weighted by Gasteiger charge is -2.36. The Hall–Kier alpha value is -0.770. The number of guanidine groups is 1. The van der Waals surface area contributed by atoms with Crippen molar-refractivity contribution in [1.82, 2.24) is 14.7 Å². The average molecular weight is 483 g/mol. The number of nitrogens with zero attached hydrogens (tertiary/aromatic N) is 4. The largest absolute Gasteiger partial charge is 0.444 e. The monoisotopic (exact) mass is 483 g/mol. The maximum absolute atomic E-state index is 12.1. The van der Waals surface area contributed by atoms with Crippen LogP contribution in [0.2, 0.25) is 0 Å². The van der Waals surface area contributed by atoms with E-state index < -0.39 is 5.60 Å². The van der Waals surface area contributed by atoms with Crippen LogP contribution in [-0.4, -0.2) is 85.2 Å². The maximum Gasteiger partial charge on any atom is 0.410 e. The highest BCUT2D eigenvalue weighted by atomic mass is 127. The van der Waals surface area contributed by atoms with Crippen molar-refractivity contribution in [2.45, 2.75) is 52.7 Å². The van der Waals surface area contributed by atoms with Crippen LogP contribution in [0.15, 0.2) is 4.99 Å². The summed E-state index contributed by atoms with van der Waals surface area (Å²) in [5, 5.41) is 0. The maximum atomic E-state index is 12.1. The summed E-state index contributed by atoms with van der Waals surface area (Å²) < 4.78 is 5.42. The Kier molecular flexibility index (Phi) is 10.8. The molecule has 0 aromatic carbocycles. The summed E-state index contributed by atoms with van der Waals surface area (Å²) >= 11 is 0. The van der Waals surface area contributed by atoms with Crippen LogP contribution in [0.4, 0.5) is 4.79 Å². The number of ether oxygens (including phenoxy) is 1. The smallest absolute Gasteiger partial charge is 0.410 e. The Morgan fingerprint density at radius 2 is 1.65 bits per heavy atom. The van der Waals surface area contributed by atoms with E-state index in [-0.39, 0.29) is 30.1 Å². The second kappa shape index (κ2) is 11.2. The third-order valence-corrected chi connectivity index (χ3v) is 4.19. The molecule has 1 rings (SSSR count). The molecule has 1 aliphatic rings. The molecule has 26 heavy (non-hydrogen) atoms. The summed E-state index contributed by atoms with van der Waals surface area (Å²) in [5.41, 5.74) is 5.71. The molecule has 1 fully saturated rings. The van der Waals surface area contributed by atoms with Gasteiger partial charge in [0.25, 0.3) is 0 Å². The second-order valence-corrected chi connectivity index (χ2v) is 8.40. The van der Waals surface area contributed by atoms with Crippen LogP contribution in [-0.2, 0) is 4.74 Å². The average Bonchev–Trinajstić information content (AvgIpc) is 2.49. The quantitative estimate of drug-likeness (QED) is 0.370. The van der Waals surface area contributed by atoms with Crippen molar-refractivity contribution in [2.75, 3.05) is 46.8 Å². The topological polar surface area (TPSA) is 74.4 Å². The molecule has 0 aliphatic carbocycles. The Morgan fingerprint density at radius 3 is 2.08 bits per heavy atom. The van der Waals surface area contributed by atoms with Crippen molar-refractivity contribution in [3.63, 3.8) is 0 Å². The van der Waals surface area contributed by atoms with Gasteiger partial charge in [-0.15, -0.1) is 24.0 Å². The third-order valence-electron chi connectivity index (χ3n) is 4.19. The Bertz CT molecular complexity index is 455. The first-order valence-corrected chi connectivity index (χ1v) is 9.19. The zero-order valence-electron chi connectivity index (χ0n) is 17.5. The van der Waals surface area contributed by atoms with E-state index in [1.807, 2.05) is 25.7 Å². The van der Waals surface area contributed by atoms with Crippen LogP contribution in [0.1, 0.15) is 41.0 Å². The van der Waals surface area contributed by atoms with E-state index in [0.29, 0.717) is 50.6 Å². The van der Waals surface area contributed by atoms with E-state index in [1.165, 1.54) is 0 Å². The van der Waals surface area contributed by atoms with Crippen LogP contribution < -0.4 is 5.73 Å². The van der Waals surface area contributed by atoms with Crippen molar-refractivity contribution < 1.29 is 9.53 Å². The first-order chi connectivity index (χ1) is 11.5. The lowest BCUT2D eigenvalue weighted by atomic mass is 10.0. The highest BCUT2D eigenvalue weighted by Crippen LogP contribution is 2.12. The molecule has 1 amide bonds. The van der Waals surface area contributed by atoms with Crippen LogP contribution in [0.5, 0.6) is 0 Å². The van der Waals surface area contributed by atoms with Gasteiger partial charge in [0.15, 0.2) is 5.96 Å². The molecular weight excluding hydrogens is 445 g/mol. The molecular formula is C18H38IN5O2. The van der Waals surface area contributed by atoms with Gasteiger partial charge in [0, 0.05) is 32.2 Å². The lowest BCUT2D eigenvalue weighted by molar-refractivity contribution is 0.0186. The number of carbonyl (C=O) groups is 1. The third kappa shape index (κ3) is 9.25. The summed E-state index contributed by atoms with van der Waals surface area (Å²) in [4.78, 5) is 22.7. The normalized spacial score (nSPS) is 17.3. The molecule has 2 N–H and O–H groups in total. The highest BCUT2D eigenvalue weighted by Gasteiger charge is 2.26. The van der Waals surface area contributed by atoms with Gasteiger partial charge in [-0.25, -0.2) is 4.79 Å². The first kappa shape index (κ1) is 25.2. The number of likely N-dealkylation sites (N-methyl/N-ethyl adjacent to an activating group) is 1. The lowest BCUT2D eigenvalue weighted by Crippen LogP contribution is -2.53. The van der Waals surface area contributed by atoms with Crippen molar-refractivity contribution in [3.8, 4) is 0 Å². The predicted molar refractivity (Wildman–Crippen MR) is 118 cm³/mol. The highest BCUT2D eigenvalue weighted by molar-refractivity contribution is 14.0. The van der Waals surface area contributed by atoms with Gasteiger partial charge in [-0.3, -0.25) is 4.99 Å². The molecule has 8 heteroatoms. The summed E-state index contributed by atoms with van der Waals surface area (Å²) in [5.74, 6) is 1.20. The summed E-state index contributed by atoms with van der Waals surface area (Å²) in [6.07, 6.45) is 0.836. The van der Waals surface area contributed by atoms with Gasteiger partial charge in [-0.2, -0.15) is 0 Å². The van der Waals surface area contributed by atoms with Crippen molar-refractivity contribution in [2.24, 2.45) is 16.6 Å². The van der Waals surface area contributed by atoms with Gasteiger partial charge in [0.1, 0.15) is 5.60 Å². The Labute approximate surface area is 176 Å². The number of hydrogen-bond donors (Lipinski definition) is 1. The number of nitrogens with two attached hydrogens (primary N) is 1. The molecule has 154 valence electrons. The van der Waals surface area contributed by atoms with E-state index in [0.717, 1.165) is 6.42 Å². The number of aliphatic imine (C=N–C) groups is 1. The molecule has 1 atom stereocenters. The molecule has 0 spiro atoms. The Balaban J connectivity index is 0.00000625. The molecule has 1 aliphatic heterocycles. The van der Waals surface area contributed by atoms with E-state index in [9.17, 15) is 4.79 Å². The zero-order valence-corrected chi connectivity index (χ0v) is 19.8. The standard InChI is InChI=1S/C18H37N5O2.HI/c1-14(2)12-15(21(6)7)13-20-16(19)22-8-10-23(11-9-22)17(24)25-18(3,4)5;/h14-15H,8-13H2,1-7H3,(H2,19,20);1H. The van der Waals surface area contributed by atoms with Crippen LogP contribution in [0, 0.1) is 5.92 Å². The number of rotatable bonds is 5. The van der Waals surface area contributed by atoms with Gasteiger partial charge in [0.05, 0.1) is 6.54 Å². The van der Waals surface area contributed by atoms with Crippen molar-refractivity contribution in [3.05, 3.63) is 0 Å². The van der Waals surface area contributed by atoms with E-state index in [4.69, 9.17) is 10.5 Å². The van der Waals surface area contributed by atoms with Crippen molar-refractivity contribution in [1.29, 1.82) is 0 Å². The zero-order chi connectivity index (χ0) is 19.2. The van der Waals surface area contributed by atoms with Crippen molar-refractivity contribution >= 4 is 36.0 Å². The summed E-state index contributed by atoms with van der Waals surface area (Å²) in [7, 11) is 4.16. The van der Waals surface area contributed by atoms with E-state index >= 15 is 0 Å². The van der Waals surface area contributed by atoms with Crippen LogP contribution in [0.25, 0.3) is 0 Å². The van der Waals surface area contributed by atoms with E-state index in [1.54, 1.807) is 4.90 Å². The Morgan fingerprint density at radius 1 is 1.15 bits per heavy atom. The minimum atomic E-state index is -0.466. The van der Waals surface area contributed by atoms with Crippen LogP contribution in [0.3, 0.4) is 0 Å². The van der Waals surface area contributed by atoms with Crippen LogP contribution >= 0.6 is 24.0 Å². The first-order valence-electron chi connectivity index (χ1n) is 9.19. The minimum Gasteiger partial charge on any atom is -0.444 e. The van der Waals surface area contributed by atoms with Gasteiger partial charge < -0.3 is 25.2 Å². The molecule has 0 bridgehead atoms. The molecule has 7 nitrogen and oxygen atoms in total. The van der Waals surface area contributed by atoms with Gasteiger partial charge in [-0.05, 0) is 47.2 Å².